The Labute approximate surface area is 119 Å². The summed E-state index contributed by atoms with van der Waals surface area (Å²) in [6.45, 7) is 4.98. The number of amides is 1. The fraction of sp³-hybridized carbons (Fsp3) is 0.929. The van der Waals surface area contributed by atoms with Crippen LogP contribution in [0.25, 0.3) is 0 Å². The van der Waals surface area contributed by atoms with E-state index >= 15 is 0 Å². The molecular formula is C14H25BrN2O. The molecule has 0 aromatic rings. The van der Waals surface area contributed by atoms with Crippen molar-refractivity contribution in [1.29, 1.82) is 0 Å². The molecule has 2 rings (SSSR count). The molecule has 0 spiro atoms. The van der Waals surface area contributed by atoms with Crippen LogP contribution in [0.2, 0.25) is 0 Å². The fourth-order valence-electron chi connectivity index (χ4n) is 3.34. The Morgan fingerprint density at radius 1 is 1.33 bits per heavy atom. The van der Waals surface area contributed by atoms with Gasteiger partial charge in [0.2, 0.25) is 5.91 Å². The van der Waals surface area contributed by atoms with Crippen LogP contribution >= 0.6 is 15.9 Å². The van der Waals surface area contributed by atoms with Gasteiger partial charge in [-0.1, -0.05) is 29.8 Å². The molecule has 1 amide bonds. The van der Waals surface area contributed by atoms with Gasteiger partial charge < -0.3 is 10.2 Å². The van der Waals surface area contributed by atoms with Crippen LogP contribution in [0, 0.1) is 11.8 Å². The molecule has 3 unspecified atom stereocenters. The summed E-state index contributed by atoms with van der Waals surface area (Å²) in [4.78, 5) is 14.4. The normalized spacial score (nSPS) is 33.7. The molecule has 0 aromatic carbocycles. The van der Waals surface area contributed by atoms with Gasteiger partial charge in [0, 0.05) is 18.6 Å². The Morgan fingerprint density at radius 2 is 1.89 bits per heavy atom. The molecule has 0 aromatic heterocycles. The second-order valence-electron chi connectivity index (χ2n) is 6.28. The van der Waals surface area contributed by atoms with Crippen molar-refractivity contribution in [3.8, 4) is 0 Å². The molecule has 2 bridgehead atoms. The second-order valence-corrected chi connectivity index (χ2v) is 7.27. The largest absolute Gasteiger partial charge is 0.355 e. The first-order valence-electron chi connectivity index (χ1n) is 7.12. The zero-order valence-electron chi connectivity index (χ0n) is 11.7. The minimum Gasteiger partial charge on any atom is -0.355 e. The molecule has 4 heteroatoms. The van der Waals surface area contributed by atoms with Gasteiger partial charge in [-0.3, -0.25) is 4.79 Å². The summed E-state index contributed by atoms with van der Waals surface area (Å²) in [5, 5.41) is 3.11. The van der Waals surface area contributed by atoms with Gasteiger partial charge in [-0.05, 0) is 44.6 Å². The highest BCUT2D eigenvalue weighted by molar-refractivity contribution is 9.10. The minimum absolute atomic E-state index is 0.0551. The maximum Gasteiger partial charge on any atom is 0.234 e. The predicted octanol–water partition coefficient (Wildman–Crippen LogP) is 2.39. The lowest BCUT2D eigenvalue weighted by molar-refractivity contribution is -0.121. The van der Waals surface area contributed by atoms with Crippen molar-refractivity contribution in [2.75, 3.05) is 13.6 Å². The van der Waals surface area contributed by atoms with Gasteiger partial charge in [0.05, 0.1) is 4.83 Å². The quantitative estimate of drug-likeness (QED) is 0.808. The summed E-state index contributed by atoms with van der Waals surface area (Å²) in [6.07, 6.45) is 5.20. The topological polar surface area (TPSA) is 32.3 Å². The number of piperidine rings is 1. The molecule has 3 nitrogen and oxygen atoms in total. The van der Waals surface area contributed by atoms with E-state index in [-0.39, 0.29) is 10.7 Å². The number of nitrogens with one attached hydrogen (secondary N) is 1. The Bertz CT molecular complexity index is 294. The highest BCUT2D eigenvalue weighted by Gasteiger charge is 2.38. The number of carbonyl (C=O) groups is 1. The number of nitrogens with zero attached hydrogens (tertiary/aromatic N) is 1. The van der Waals surface area contributed by atoms with Gasteiger partial charge >= 0.3 is 0 Å². The van der Waals surface area contributed by atoms with Crippen molar-refractivity contribution in [2.45, 2.75) is 56.4 Å². The van der Waals surface area contributed by atoms with E-state index in [9.17, 15) is 4.79 Å². The van der Waals surface area contributed by atoms with Crippen molar-refractivity contribution >= 4 is 21.8 Å². The van der Waals surface area contributed by atoms with E-state index in [0.29, 0.717) is 11.8 Å². The number of hydrogen-bond acceptors (Lipinski definition) is 2. The zero-order chi connectivity index (χ0) is 13.3. The van der Waals surface area contributed by atoms with E-state index in [1.54, 1.807) is 0 Å². The molecule has 2 aliphatic rings. The average Bonchev–Trinajstić information content (AvgIpc) is 2.56. The Balaban J connectivity index is 1.77. The lowest BCUT2D eigenvalue weighted by Gasteiger charge is -2.36. The third-order valence-corrected chi connectivity index (χ3v) is 6.07. The van der Waals surface area contributed by atoms with Crippen LogP contribution in [0.15, 0.2) is 0 Å². The van der Waals surface area contributed by atoms with Gasteiger partial charge in [-0.15, -0.1) is 0 Å². The molecule has 2 saturated heterocycles. The first-order chi connectivity index (χ1) is 8.49. The fourth-order valence-corrected chi connectivity index (χ4v) is 3.50. The second kappa shape index (κ2) is 5.91. The van der Waals surface area contributed by atoms with Gasteiger partial charge in [0.25, 0.3) is 0 Å². The summed E-state index contributed by atoms with van der Waals surface area (Å²) in [6, 6.07) is 1.52. The third-order valence-electron chi connectivity index (χ3n) is 4.60. The number of hydrogen-bond donors (Lipinski definition) is 1. The summed E-state index contributed by atoms with van der Waals surface area (Å²) in [5.74, 6) is 1.17. The number of carbonyl (C=O) groups excluding carboxylic acids is 1. The molecule has 3 atom stereocenters. The van der Waals surface area contributed by atoms with Crippen LogP contribution in [-0.4, -0.2) is 41.3 Å². The Kier molecular flexibility index (Phi) is 4.70. The van der Waals surface area contributed by atoms with Gasteiger partial charge in [0.1, 0.15) is 0 Å². The smallest absolute Gasteiger partial charge is 0.234 e. The Hall–Kier alpha value is -0.0900. The van der Waals surface area contributed by atoms with E-state index in [4.69, 9.17) is 0 Å². The highest BCUT2D eigenvalue weighted by Crippen LogP contribution is 2.37. The number of halogens is 1. The zero-order valence-corrected chi connectivity index (χ0v) is 13.2. The van der Waals surface area contributed by atoms with Crippen LogP contribution < -0.4 is 5.32 Å². The molecule has 1 N–H and O–H groups in total. The molecule has 2 fully saturated rings. The molecule has 2 heterocycles. The van der Waals surface area contributed by atoms with E-state index in [1.165, 1.54) is 25.7 Å². The number of alkyl halides is 1. The highest BCUT2D eigenvalue weighted by atomic mass is 79.9. The number of fused-ring (bicyclic) bond motifs is 2. The third kappa shape index (κ3) is 3.08. The molecule has 2 aliphatic heterocycles. The molecule has 104 valence electrons. The molecule has 0 radical (unpaired) electrons. The van der Waals surface area contributed by atoms with Crippen LogP contribution in [0.1, 0.15) is 39.5 Å². The van der Waals surface area contributed by atoms with Gasteiger partial charge in [0.15, 0.2) is 0 Å². The molecule has 0 aliphatic carbocycles. The maximum absolute atomic E-state index is 11.9. The van der Waals surface area contributed by atoms with Gasteiger partial charge in [-0.25, -0.2) is 0 Å². The molecule has 0 saturated carbocycles. The van der Waals surface area contributed by atoms with Gasteiger partial charge in [-0.2, -0.15) is 0 Å². The monoisotopic (exact) mass is 316 g/mol. The lowest BCUT2D eigenvalue weighted by atomic mass is 9.91. The first-order valence-corrected chi connectivity index (χ1v) is 8.04. The van der Waals surface area contributed by atoms with Crippen molar-refractivity contribution in [1.82, 2.24) is 10.2 Å². The first kappa shape index (κ1) is 14.3. The van der Waals surface area contributed by atoms with Crippen LogP contribution in [0.4, 0.5) is 0 Å². The standard InChI is InChI=1S/C14H25BrN2O/c1-9(2)13(15)14(18)16-8-10-6-11-4-5-12(7-10)17(11)3/h9-13H,4-8H2,1-3H3,(H,16,18). The Morgan fingerprint density at radius 3 is 2.39 bits per heavy atom. The summed E-state index contributed by atoms with van der Waals surface area (Å²) < 4.78 is 0. The maximum atomic E-state index is 11.9. The summed E-state index contributed by atoms with van der Waals surface area (Å²) in [5.41, 5.74) is 0. The number of rotatable bonds is 4. The van der Waals surface area contributed by atoms with E-state index in [0.717, 1.165) is 18.6 Å². The van der Waals surface area contributed by atoms with Crippen LogP contribution in [0.3, 0.4) is 0 Å². The van der Waals surface area contributed by atoms with Crippen LogP contribution in [0.5, 0.6) is 0 Å². The van der Waals surface area contributed by atoms with Crippen molar-refractivity contribution < 1.29 is 4.79 Å². The van der Waals surface area contributed by atoms with Crippen LogP contribution in [-0.2, 0) is 4.79 Å². The van der Waals surface area contributed by atoms with E-state index in [1.807, 2.05) is 0 Å². The van der Waals surface area contributed by atoms with E-state index < -0.39 is 0 Å². The SMILES string of the molecule is CC(C)C(Br)C(=O)NCC1CC2CCC(C1)N2C. The summed E-state index contributed by atoms with van der Waals surface area (Å²) >= 11 is 3.46. The minimum atomic E-state index is -0.0551. The van der Waals surface area contributed by atoms with Crippen molar-refractivity contribution in [3.63, 3.8) is 0 Å². The predicted molar refractivity (Wildman–Crippen MR) is 77.9 cm³/mol. The molecule has 18 heavy (non-hydrogen) atoms. The van der Waals surface area contributed by atoms with E-state index in [2.05, 4.69) is 47.0 Å². The van der Waals surface area contributed by atoms with Crippen molar-refractivity contribution in [2.24, 2.45) is 11.8 Å². The lowest BCUT2D eigenvalue weighted by Crippen LogP contribution is -2.44. The average molecular weight is 317 g/mol. The summed E-state index contributed by atoms with van der Waals surface area (Å²) in [7, 11) is 2.25. The van der Waals surface area contributed by atoms with Crippen molar-refractivity contribution in [3.05, 3.63) is 0 Å². The molecular weight excluding hydrogens is 292 g/mol.